The molecule has 0 aliphatic carbocycles. The van der Waals surface area contributed by atoms with Gasteiger partial charge in [-0.05, 0) is 49.0 Å². The quantitative estimate of drug-likeness (QED) is 0.897. The number of ether oxygens (including phenoxy) is 1. The zero-order valence-corrected chi connectivity index (χ0v) is 13.1. The van der Waals surface area contributed by atoms with Gasteiger partial charge in [-0.1, -0.05) is 26.3 Å². The molecule has 0 bridgehead atoms. The lowest BCUT2D eigenvalue weighted by Gasteiger charge is -2.39. The standard InChI is InChI=1S/C17H28N2O/c1-4-17(2)7-9-19(10-8-17)13-14-5-6-16(20-3)15(11-14)12-18/h5-6,11H,4,7-10,12-13,18H2,1-3H3. The van der Waals surface area contributed by atoms with Gasteiger partial charge in [-0.25, -0.2) is 0 Å². The first kappa shape index (κ1) is 15.3. The normalized spacial score (nSPS) is 19.0. The minimum atomic E-state index is 0.533. The first-order valence-corrected chi connectivity index (χ1v) is 7.68. The van der Waals surface area contributed by atoms with Crippen LogP contribution in [0, 0.1) is 5.41 Å². The van der Waals surface area contributed by atoms with Crippen LogP contribution in [-0.4, -0.2) is 25.1 Å². The molecule has 1 fully saturated rings. The molecular weight excluding hydrogens is 248 g/mol. The van der Waals surface area contributed by atoms with Gasteiger partial charge in [-0.2, -0.15) is 0 Å². The van der Waals surface area contributed by atoms with Crippen molar-refractivity contribution in [3.05, 3.63) is 29.3 Å². The number of nitrogens with zero attached hydrogens (tertiary/aromatic N) is 1. The van der Waals surface area contributed by atoms with Crippen molar-refractivity contribution in [1.82, 2.24) is 4.90 Å². The summed E-state index contributed by atoms with van der Waals surface area (Å²) < 4.78 is 5.33. The van der Waals surface area contributed by atoms with Gasteiger partial charge >= 0.3 is 0 Å². The van der Waals surface area contributed by atoms with Crippen LogP contribution < -0.4 is 10.5 Å². The summed E-state index contributed by atoms with van der Waals surface area (Å²) in [5.74, 6) is 0.897. The smallest absolute Gasteiger partial charge is 0.123 e. The molecule has 3 heteroatoms. The topological polar surface area (TPSA) is 38.5 Å². The summed E-state index contributed by atoms with van der Waals surface area (Å²) in [6, 6.07) is 6.38. The molecule has 1 aliphatic rings. The number of likely N-dealkylation sites (tertiary alicyclic amines) is 1. The summed E-state index contributed by atoms with van der Waals surface area (Å²) >= 11 is 0. The van der Waals surface area contributed by atoms with Crippen LogP contribution in [0.3, 0.4) is 0 Å². The number of nitrogens with two attached hydrogens (primary N) is 1. The fourth-order valence-corrected chi connectivity index (χ4v) is 2.95. The Morgan fingerprint density at radius 3 is 2.55 bits per heavy atom. The van der Waals surface area contributed by atoms with Crippen molar-refractivity contribution in [2.45, 2.75) is 46.2 Å². The van der Waals surface area contributed by atoms with E-state index in [-0.39, 0.29) is 0 Å². The maximum Gasteiger partial charge on any atom is 0.123 e. The first-order chi connectivity index (χ1) is 9.60. The van der Waals surface area contributed by atoms with Crippen molar-refractivity contribution in [3.8, 4) is 5.75 Å². The van der Waals surface area contributed by atoms with E-state index in [0.29, 0.717) is 12.0 Å². The Labute approximate surface area is 123 Å². The molecule has 0 amide bonds. The first-order valence-electron chi connectivity index (χ1n) is 7.68. The van der Waals surface area contributed by atoms with Gasteiger partial charge in [0.25, 0.3) is 0 Å². The molecule has 1 aliphatic heterocycles. The molecule has 112 valence electrons. The zero-order chi connectivity index (χ0) is 14.6. The van der Waals surface area contributed by atoms with Gasteiger partial charge in [0, 0.05) is 18.7 Å². The van der Waals surface area contributed by atoms with Gasteiger partial charge in [-0.15, -0.1) is 0 Å². The minimum Gasteiger partial charge on any atom is -0.496 e. The molecule has 2 N–H and O–H groups in total. The van der Waals surface area contributed by atoms with Crippen LogP contribution in [-0.2, 0) is 13.1 Å². The molecule has 2 rings (SSSR count). The fraction of sp³-hybridized carbons (Fsp3) is 0.647. The highest BCUT2D eigenvalue weighted by atomic mass is 16.5. The summed E-state index contributed by atoms with van der Waals surface area (Å²) in [5.41, 5.74) is 8.78. The maximum absolute atomic E-state index is 5.79. The maximum atomic E-state index is 5.79. The Balaban J connectivity index is 1.98. The molecule has 0 saturated carbocycles. The van der Waals surface area contributed by atoms with E-state index in [1.54, 1.807) is 7.11 Å². The second-order valence-electron chi connectivity index (χ2n) is 6.29. The summed E-state index contributed by atoms with van der Waals surface area (Å²) in [4.78, 5) is 2.56. The summed E-state index contributed by atoms with van der Waals surface area (Å²) in [6.45, 7) is 8.70. The Hall–Kier alpha value is -1.06. The number of rotatable bonds is 5. The number of piperidine rings is 1. The largest absolute Gasteiger partial charge is 0.496 e. The summed E-state index contributed by atoms with van der Waals surface area (Å²) in [6.07, 6.45) is 3.91. The molecule has 20 heavy (non-hydrogen) atoms. The van der Waals surface area contributed by atoms with Gasteiger partial charge in [0.15, 0.2) is 0 Å². The molecule has 0 spiro atoms. The lowest BCUT2D eigenvalue weighted by atomic mass is 9.78. The molecule has 0 unspecified atom stereocenters. The van der Waals surface area contributed by atoms with Gasteiger partial charge in [-0.3, -0.25) is 4.90 Å². The monoisotopic (exact) mass is 276 g/mol. The molecule has 0 aromatic heterocycles. The SMILES string of the molecule is CCC1(C)CCN(Cc2ccc(OC)c(CN)c2)CC1. The van der Waals surface area contributed by atoms with Crippen LogP contribution in [0.15, 0.2) is 18.2 Å². The minimum absolute atomic E-state index is 0.533. The molecule has 3 nitrogen and oxygen atoms in total. The summed E-state index contributed by atoms with van der Waals surface area (Å²) in [7, 11) is 1.70. The van der Waals surface area contributed by atoms with E-state index in [4.69, 9.17) is 10.5 Å². The average molecular weight is 276 g/mol. The van der Waals surface area contributed by atoms with E-state index in [9.17, 15) is 0 Å². The van der Waals surface area contributed by atoms with Crippen molar-refractivity contribution in [2.24, 2.45) is 11.1 Å². The Morgan fingerprint density at radius 2 is 2.00 bits per heavy atom. The summed E-state index contributed by atoms with van der Waals surface area (Å²) in [5, 5.41) is 0. The highest BCUT2D eigenvalue weighted by Gasteiger charge is 2.28. The van der Waals surface area contributed by atoms with Crippen molar-refractivity contribution in [3.63, 3.8) is 0 Å². The van der Waals surface area contributed by atoms with Crippen LogP contribution in [0.25, 0.3) is 0 Å². The Bertz CT molecular complexity index is 437. The molecule has 0 radical (unpaired) electrons. The van der Waals surface area contributed by atoms with E-state index in [1.807, 2.05) is 6.07 Å². The lowest BCUT2D eigenvalue weighted by molar-refractivity contribution is 0.109. The third kappa shape index (κ3) is 3.53. The number of hydrogen-bond donors (Lipinski definition) is 1. The fourth-order valence-electron chi connectivity index (χ4n) is 2.95. The van der Waals surface area contributed by atoms with Crippen LogP contribution in [0.5, 0.6) is 5.75 Å². The molecule has 1 saturated heterocycles. The number of methoxy groups -OCH3 is 1. The van der Waals surface area contributed by atoms with Crippen LogP contribution in [0.4, 0.5) is 0 Å². The predicted octanol–water partition coefficient (Wildman–Crippen LogP) is 3.17. The van der Waals surface area contributed by atoms with Crippen molar-refractivity contribution >= 4 is 0 Å². The lowest BCUT2D eigenvalue weighted by Crippen LogP contribution is -2.37. The molecule has 0 atom stereocenters. The van der Waals surface area contributed by atoms with E-state index in [1.165, 1.54) is 37.9 Å². The Morgan fingerprint density at radius 1 is 1.30 bits per heavy atom. The highest BCUT2D eigenvalue weighted by molar-refractivity contribution is 5.37. The van der Waals surface area contributed by atoms with E-state index in [0.717, 1.165) is 17.9 Å². The van der Waals surface area contributed by atoms with Gasteiger partial charge in [0.1, 0.15) is 5.75 Å². The van der Waals surface area contributed by atoms with E-state index < -0.39 is 0 Å². The van der Waals surface area contributed by atoms with Crippen LogP contribution in [0.2, 0.25) is 0 Å². The van der Waals surface area contributed by atoms with E-state index in [2.05, 4.69) is 30.9 Å². The molecular formula is C17H28N2O. The molecule has 1 aromatic rings. The van der Waals surface area contributed by atoms with Gasteiger partial charge in [0.05, 0.1) is 7.11 Å². The third-order valence-corrected chi connectivity index (χ3v) is 4.89. The zero-order valence-electron chi connectivity index (χ0n) is 13.1. The highest BCUT2D eigenvalue weighted by Crippen LogP contribution is 2.34. The predicted molar refractivity (Wildman–Crippen MR) is 83.8 cm³/mol. The second-order valence-corrected chi connectivity index (χ2v) is 6.29. The van der Waals surface area contributed by atoms with Crippen molar-refractivity contribution in [2.75, 3.05) is 20.2 Å². The molecule has 1 heterocycles. The van der Waals surface area contributed by atoms with Crippen molar-refractivity contribution in [1.29, 1.82) is 0 Å². The third-order valence-electron chi connectivity index (χ3n) is 4.89. The van der Waals surface area contributed by atoms with Crippen LogP contribution in [0.1, 0.15) is 44.2 Å². The number of hydrogen-bond acceptors (Lipinski definition) is 3. The van der Waals surface area contributed by atoms with Crippen LogP contribution >= 0.6 is 0 Å². The second kappa shape index (κ2) is 6.59. The van der Waals surface area contributed by atoms with Gasteiger partial charge < -0.3 is 10.5 Å². The number of benzene rings is 1. The van der Waals surface area contributed by atoms with Gasteiger partial charge in [0.2, 0.25) is 0 Å². The molecule has 1 aromatic carbocycles. The average Bonchev–Trinajstić information content (AvgIpc) is 2.49. The van der Waals surface area contributed by atoms with Crippen molar-refractivity contribution < 1.29 is 4.74 Å². The van der Waals surface area contributed by atoms with E-state index >= 15 is 0 Å². The Kier molecular flexibility index (Phi) is 5.06.